The molecule has 0 bridgehead atoms. The second kappa shape index (κ2) is 6.27. The molecular formula is C14H24N4. The van der Waals surface area contributed by atoms with Crippen molar-refractivity contribution in [1.82, 2.24) is 20.5 Å². The molecule has 18 heavy (non-hydrogen) atoms. The van der Waals surface area contributed by atoms with Gasteiger partial charge >= 0.3 is 0 Å². The standard InChI is InChI=1S/C14H24N4/c1-14(2,18-9-7-16-8-10-18)12-17-11-13-3-5-15-6-4-13/h3-6,16-17H,7-12H2,1-2H3. The van der Waals surface area contributed by atoms with Crippen LogP contribution in [0.4, 0.5) is 0 Å². The van der Waals surface area contributed by atoms with Crippen molar-refractivity contribution in [2.75, 3.05) is 32.7 Å². The topological polar surface area (TPSA) is 40.2 Å². The molecule has 2 N–H and O–H groups in total. The minimum absolute atomic E-state index is 0.217. The molecule has 0 atom stereocenters. The quantitative estimate of drug-likeness (QED) is 0.811. The highest BCUT2D eigenvalue weighted by Crippen LogP contribution is 2.14. The maximum atomic E-state index is 4.03. The van der Waals surface area contributed by atoms with Crippen LogP contribution < -0.4 is 10.6 Å². The Kier molecular flexibility index (Phi) is 4.69. The zero-order chi connectivity index (χ0) is 12.8. The summed E-state index contributed by atoms with van der Waals surface area (Å²) in [6.45, 7) is 11.1. The van der Waals surface area contributed by atoms with Gasteiger partial charge in [0.15, 0.2) is 0 Å². The summed E-state index contributed by atoms with van der Waals surface area (Å²) in [5.41, 5.74) is 1.51. The Bertz CT molecular complexity index is 344. The Balaban J connectivity index is 1.77. The van der Waals surface area contributed by atoms with Gasteiger partial charge in [-0.15, -0.1) is 0 Å². The first-order valence-corrected chi connectivity index (χ1v) is 6.74. The predicted molar refractivity (Wildman–Crippen MR) is 74.5 cm³/mol. The molecule has 2 heterocycles. The van der Waals surface area contributed by atoms with E-state index in [0.29, 0.717) is 0 Å². The molecule has 1 aromatic heterocycles. The lowest BCUT2D eigenvalue weighted by molar-refractivity contribution is 0.102. The molecule has 2 rings (SSSR count). The third kappa shape index (κ3) is 3.77. The third-order valence-corrected chi connectivity index (χ3v) is 3.61. The summed E-state index contributed by atoms with van der Waals surface area (Å²) in [6, 6.07) is 4.12. The Morgan fingerprint density at radius 1 is 1.28 bits per heavy atom. The highest BCUT2D eigenvalue weighted by molar-refractivity contribution is 5.09. The van der Waals surface area contributed by atoms with Gasteiger partial charge < -0.3 is 10.6 Å². The summed E-state index contributed by atoms with van der Waals surface area (Å²) in [7, 11) is 0. The number of aromatic nitrogens is 1. The molecule has 1 saturated heterocycles. The van der Waals surface area contributed by atoms with Crippen LogP contribution >= 0.6 is 0 Å². The number of pyridine rings is 1. The fourth-order valence-electron chi connectivity index (χ4n) is 2.40. The molecule has 0 aliphatic carbocycles. The van der Waals surface area contributed by atoms with E-state index in [1.165, 1.54) is 5.56 Å². The van der Waals surface area contributed by atoms with Crippen LogP contribution in [-0.4, -0.2) is 48.1 Å². The number of hydrogen-bond acceptors (Lipinski definition) is 4. The van der Waals surface area contributed by atoms with Crippen molar-refractivity contribution >= 4 is 0 Å². The van der Waals surface area contributed by atoms with Crippen molar-refractivity contribution in [3.8, 4) is 0 Å². The monoisotopic (exact) mass is 248 g/mol. The molecule has 4 heteroatoms. The lowest BCUT2D eigenvalue weighted by Crippen LogP contribution is -2.57. The number of piperazine rings is 1. The number of nitrogens with zero attached hydrogens (tertiary/aromatic N) is 2. The predicted octanol–water partition coefficient (Wildman–Crippen LogP) is 0.855. The SMILES string of the molecule is CC(C)(CNCc1ccncc1)N1CCNCC1. The van der Waals surface area contributed by atoms with Crippen LogP contribution in [0.2, 0.25) is 0 Å². The maximum absolute atomic E-state index is 4.03. The molecule has 100 valence electrons. The molecule has 4 nitrogen and oxygen atoms in total. The zero-order valence-corrected chi connectivity index (χ0v) is 11.4. The van der Waals surface area contributed by atoms with Crippen molar-refractivity contribution < 1.29 is 0 Å². The normalized spacial score (nSPS) is 17.9. The van der Waals surface area contributed by atoms with E-state index in [1.54, 1.807) is 0 Å². The highest BCUT2D eigenvalue weighted by Gasteiger charge is 2.27. The molecule has 1 aliphatic heterocycles. The lowest BCUT2D eigenvalue weighted by atomic mass is 10.0. The molecule has 1 aromatic rings. The molecule has 0 spiro atoms. The molecule has 0 radical (unpaired) electrons. The fourth-order valence-corrected chi connectivity index (χ4v) is 2.40. The van der Waals surface area contributed by atoms with Gasteiger partial charge in [0, 0.05) is 57.2 Å². The van der Waals surface area contributed by atoms with E-state index in [9.17, 15) is 0 Å². The number of hydrogen-bond donors (Lipinski definition) is 2. The van der Waals surface area contributed by atoms with E-state index in [-0.39, 0.29) is 5.54 Å². The van der Waals surface area contributed by atoms with Gasteiger partial charge in [-0.05, 0) is 31.5 Å². The molecule has 0 saturated carbocycles. The van der Waals surface area contributed by atoms with E-state index in [2.05, 4.69) is 46.5 Å². The molecule has 0 amide bonds. The first-order valence-electron chi connectivity index (χ1n) is 6.74. The van der Waals surface area contributed by atoms with Crippen LogP contribution in [0.5, 0.6) is 0 Å². The van der Waals surface area contributed by atoms with Crippen molar-refractivity contribution in [3.63, 3.8) is 0 Å². The highest BCUT2D eigenvalue weighted by atomic mass is 15.2. The van der Waals surface area contributed by atoms with E-state index < -0.39 is 0 Å². The summed E-state index contributed by atoms with van der Waals surface area (Å²) in [5, 5.41) is 6.95. The first kappa shape index (κ1) is 13.5. The largest absolute Gasteiger partial charge is 0.314 e. The Morgan fingerprint density at radius 2 is 1.94 bits per heavy atom. The van der Waals surface area contributed by atoms with Gasteiger partial charge in [-0.25, -0.2) is 0 Å². The minimum Gasteiger partial charge on any atom is -0.314 e. The zero-order valence-electron chi connectivity index (χ0n) is 11.4. The average Bonchev–Trinajstić information content (AvgIpc) is 2.41. The molecular weight excluding hydrogens is 224 g/mol. The maximum Gasteiger partial charge on any atom is 0.0278 e. The van der Waals surface area contributed by atoms with Crippen LogP contribution in [-0.2, 0) is 6.54 Å². The van der Waals surface area contributed by atoms with Crippen LogP contribution in [0.1, 0.15) is 19.4 Å². The number of rotatable bonds is 5. The van der Waals surface area contributed by atoms with Gasteiger partial charge in [0.25, 0.3) is 0 Å². The Hall–Kier alpha value is -0.970. The summed E-state index contributed by atoms with van der Waals surface area (Å²) in [6.07, 6.45) is 3.69. The molecule has 1 aliphatic rings. The third-order valence-electron chi connectivity index (χ3n) is 3.61. The average molecular weight is 248 g/mol. The second-order valence-electron chi connectivity index (χ2n) is 5.51. The van der Waals surface area contributed by atoms with Crippen LogP contribution in [0.3, 0.4) is 0 Å². The Labute approximate surface area is 110 Å². The smallest absolute Gasteiger partial charge is 0.0278 e. The van der Waals surface area contributed by atoms with Gasteiger partial charge in [-0.3, -0.25) is 9.88 Å². The van der Waals surface area contributed by atoms with E-state index in [1.807, 2.05) is 12.4 Å². The fraction of sp³-hybridized carbons (Fsp3) is 0.643. The molecule has 0 unspecified atom stereocenters. The molecule has 0 aromatic carbocycles. The molecule has 1 fully saturated rings. The van der Waals surface area contributed by atoms with Crippen molar-refractivity contribution in [2.24, 2.45) is 0 Å². The Morgan fingerprint density at radius 3 is 2.61 bits per heavy atom. The van der Waals surface area contributed by atoms with E-state index in [0.717, 1.165) is 39.3 Å². The van der Waals surface area contributed by atoms with E-state index in [4.69, 9.17) is 0 Å². The number of nitrogens with one attached hydrogen (secondary N) is 2. The van der Waals surface area contributed by atoms with Crippen molar-refractivity contribution in [2.45, 2.75) is 25.9 Å². The van der Waals surface area contributed by atoms with Crippen molar-refractivity contribution in [3.05, 3.63) is 30.1 Å². The summed E-state index contributed by atoms with van der Waals surface area (Å²) in [5.74, 6) is 0. The lowest BCUT2D eigenvalue weighted by Gasteiger charge is -2.41. The van der Waals surface area contributed by atoms with Crippen LogP contribution in [0, 0.1) is 0 Å². The second-order valence-corrected chi connectivity index (χ2v) is 5.51. The van der Waals surface area contributed by atoms with Gasteiger partial charge in [-0.1, -0.05) is 0 Å². The minimum atomic E-state index is 0.217. The van der Waals surface area contributed by atoms with Gasteiger partial charge in [0.05, 0.1) is 0 Å². The van der Waals surface area contributed by atoms with Crippen LogP contribution in [0.15, 0.2) is 24.5 Å². The summed E-state index contributed by atoms with van der Waals surface area (Å²) >= 11 is 0. The van der Waals surface area contributed by atoms with Crippen LogP contribution in [0.25, 0.3) is 0 Å². The summed E-state index contributed by atoms with van der Waals surface area (Å²) < 4.78 is 0. The van der Waals surface area contributed by atoms with Gasteiger partial charge in [0.2, 0.25) is 0 Å². The summed E-state index contributed by atoms with van der Waals surface area (Å²) in [4.78, 5) is 6.59. The van der Waals surface area contributed by atoms with Gasteiger partial charge in [-0.2, -0.15) is 0 Å². The van der Waals surface area contributed by atoms with Gasteiger partial charge in [0.1, 0.15) is 0 Å². The first-order chi connectivity index (χ1) is 8.68. The van der Waals surface area contributed by atoms with Crippen molar-refractivity contribution in [1.29, 1.82) is 0 Å². The van der Waals surface area contributed by atoms with E-state index >= 15 is 0 Å².